The van der Waals surface area contributed by atoms with Gasteiger partial charge in [-0.25, -0.2) is 0 Å². The normalized spacial score (nSPS) is 10.6. The second kappa shape index (κ2) is 9.57. The van der Waals surface area contributed by atoms with Crippen LogP contribution in [0.4, 0.5) is 0 Å². The molecule has 0 heterocycles. The Morgan fingerprint density at radius 3 is 2.65 bits per heavy atom. The highest BCUT2D eigenvalue weighted by Crippen LogP contribution is 2.20. The van der Waals surface area contributed by atoms with Gasteiger partial charge in [0.1, 0.15) is 11.5 Å². The molecule has 20 heavy (non-hydrogen) atoms. The zero-order chi connectivity index (χ0) is 14.8. The third-order valence-corrected chi connectivity index (χ3v) is 3.59. The van der Waals surface area contributed by atoms with Crippen molar-refractivity contribution in [3.8, 4) is 5.75 Å². The van der Waals surface area contributed by atoms with E-state index in [2.05, 4.69) is 32.0 Å². The van der Waals surface area contributed by atoms with E-state index in [1.165, 1.54) is 11.1 Å². The molecule has 1 rings (SSSR count). The first-order valence-electron chi connectivity index (χ1n) is 7.91. The molecule has 0 spiro atoms. The van der Waals surface area contributed by atoms with Gasteiger partial charge in [-0.15, -0.1) is 0 Å². The average molecular weight is 276 g/mol. The first kappa shape index (κ1) is 16.7. The summed E-state index contributed by atoms with van der Waals surface area (Å²) < 4.78 is 5.68. The molecular weight excluding hydrogens is 248 g/mol. The first-order chi connectivity index (χ1) is 9.67. The summed E-state index contributed by atoms with van der Waals surface area (Å²) in [6.45, 7) is 6.99. The Kier molecular flexibility index (Phi) is 8.01. The summed E-state index contributed by atoms with van der Waals surface area (Å²) in [6, 6.07) is 6.36. The van der Waals surface area contributed by atoms with E-state index in [4.69, 9.17) is 4.74 Å². The van der Waals surface area contributed by atoms with Crippen molar-refractivity contribution in [3.63, 3.8) is 0 Å². The molecule has 0 unspecified atom stereocenters. The molecule has 0 N–H and O–H groups in total. The van der Waals surface area contributed by atoms with Crippen LogP contribution in [0.1, 0.15) is 63.5 Å². The maximum atomic E-state index is 11.2. The van der Waals surface area contributed by atoms with Gasteiger partial charge in [0, 0.05) is 12.8 Å². The fourth-order valence-corrected chi connectivity index (χ4v) is 2.22. The molecule has 2 heteroatoms. The highest BCUT2D eigenvalue weighted by molar-refractivity contribution is 5.77. The standard InChI is InChI=1S/C18H28O2/c1-4-13-20-18-12-11-15(3)16(14-18)9-7-6-8-10-17(19)5-2/h11-12,14H,4-10,13H2,1-3H3. The molecular formula is C18H28O2. The van der Waals surface area contributed by atoms with Gasteiger partial charge in [-0.2, -0.15) is 0 Å². The fraction of sp³-hybridized carbons (Fsp3) is 0.611. The van der Waals surface area contributed by atoms with Crippen LogP contribution < -0.4 is 4.74 Å². The number of Topliss-reactive ketones (excluding diaryl/α,β-unsaturated/α-hetero) is 1. The number of hydrogen-bond acceptors (Lipinski definition) is 2. The van der Waals surface area contributed by atoms with Crippen LogP contribution in [0.3, 0.4) is 0 Å². The Morgan fingerprint density at radius 2 is 1.95 bits per heavy atom. The van der Waals surface area contributed by atoms with Gasteiger partial charge in [0.05, 0.1) is 6.61 Å². The van der Waals surface area contributed by atoms with Crippen LogP contribution in [-0.2, 0) is 11.2 Å². The Bertz CT molecular complexity index is 410. The van der Waals surface area contributed by atoms with Crippen LogP contribution in [0.2, 0.25) is 0 Å². The molecule has 0 atom stereocenters. The predicted molar refractivity (Wildman–Crippen MR) is 84.4 cm³/mol. The van der Waals surface area contributed by atoms with E-state index in [0.29, 0.717) is 12.2 Å². The maximum Gasteiger partial charge on any atom is 0.132 e. The zero-order valence-electron chi connectivity index (χ0n) is 13.2. The Hall–Kier alpha value is -1.31. The third kappa shape index (κ3) is 6.23. The van der Waals surface area contributed by atoms with E-state index in [1.54, 1.807) is 0 Å². The van der Waals surface area contributed by atoms with Gasteiger partial charge < -0.3 is 4.74 Å². The largest absolute Gasteiger partial charge is 0.494 e. The molecule has 0 aliphatic rings. The van der Waals surface area contributed by atoms with Gasteiger partial charge in [0.2, 0.25) is 0 Å². The lowest BCUT2D eigenvalue weighted by Gasteiger charge is -2.10. The van der Waals surface area contributed by atoms with Gasteiger partial charge in [-0.1, -0.05) is 26.3 Å². The van der Waals surface area contributed by atoms with Gasteiger partial charge in [0.25, 0.3) is 0 Å². The molecule has 0 fully saturated rings. The summed E-state index contributed by atoms with van der Waals surface area (Å²) in [7, 11) is 0. The number of ketones is 1. The number of benzene rings is 1. The third-order valence-electron chi connectivity index (χ3n) is 3.59. The van der Waals surface area contributed by atoms with Crippen molar-refractivity contribution in [3.05, 3.63) is 29.3 Å². The van der Waals surface area contributed by atoms with E-state index in [9.17, 15) is 4.79 Å². The molecule has 1 aromatic rings. The van der Waals surface area contributed by atoms with Gasteiger partial charge in [-0.05, 0) is 55.9 Å². The van der Waals surface area contributed by atoms with Crippen LogP contribution in [0.25, 0.3) is 0 Å². The van der Waals surface area contributed by atoms with Crippen molar-refractivity contribution in [2.45, 2.75) is 65.7 Å². The molecule has 0 saturated carbocycles. The van der Waals surface area contributed by atoms with E-state index < -0.39 is 0 Å². The number of carbonyl (C=O) groups excluding carboxylic acids is 1. The summed E-state index contributed by atoms with van der Waals surface area (Å²) in [4.78, 5) is 11.2. The van der Waals surface area contributed by atoms with Gasteiger partial charge in [-0.3, -0.25) is 4.79 Å². The van der Waals surface area contributed by atoms with Crippen molar-refractivity contribution in [2.24, 2.45) is 0 Å². The number of rotatable bonds is 10. The second-order valence-corrected chi connectivity index (χ2v) is 5.39. The van der Waals surface area contributed by atoms with Crippen molar-refractivity contribution < 1.29 is 9.53 Å². The molecule has 1 aromatic carbocycles. The lowest BCUT2D eigenvalue weighted by Crippen LogP contribution is -1.98. The van der Waals surface area contributed by atoms with Crippen LogP contribution in [0.5, 0.6) is 5.75 Å². The molecule has 0 radical (unpaired) electrons. The second-order valence-electron chi connectivity index (χ2n) is 5.39. The summed E-state index contributed by atoms with van der Waals surface area (Å²) in [5.41, 5.74) is 2.71. The minimum absolute atomic E-state index is 0.385. The molecule has 0 bridgehead atoms. The van der Waals surface area contributed by atoms with Crippen LogP contribution in [0, 0.1) is 6.92 Å². The Morgan fingerprint density at radius 1 is 1.15 bits per heavy atom. The van der Waals surface area contributed by atoms with Crippen LogP contribution in [-0.4, -0.2) is 12.4 Å². The molecule has 0 aromatic heterocycles. The van der Waals surface area contributed by atoms with Crippen LogP contribution >= 0.6 is 0 Å². The average Bonchev–Trinajstić information content (AvgIpc) is 2.46. The Balaban J connectivity index is 2.36. The SMILES string of the molecule is CCCOc1ccc(C)c(CCCCCC(=O)CC)c1. The molecule has 0 saturated heterocycles. The van der Waals surface area contributed by atoms with E-state index in [-0.39, 0.29) is 0 Å². The maximum absolute atomic E-state index is 11.2. The molecule has 0 aliphatic heterocycles. The lowest BCUT2D eigenvalue weighted by molar-refractivity contribution is -0.118. The van der Waals surface area contributed by atoms with E-state index in [1.807, 2.05) is 6.92 Å². The minimum Gasteiger partial charge on any atom is -0.494 e. The smallest absolute Gasteiger partial charge is 0.132 e. The van der Waals surface area contributed by atoms with Crippen molar-refractivity contribution >= 4 is 5.78 Å². The highest BCUT2D eigenvalue weighted by atomic mass is 16.5. The number of hydrogen-bond donors (Lipinski definition) is 0. The van der Waals surface area contributed by atoms with Crippen molar-refractivity contribution in [1.29, 1.82) is 0 Å². The summed E-state index contributed by atoms with van der Waals surface area (Å²) in [5.74, 6) is 1.37. The number of unbranched alkanes of at least 4 members (excludes halogenated alkanes) is 2. The summed E-state index contributed by atoms with van der Waals surface area (Å²) in [6.07, 6.45) is 6.84. The monoisotopic (exact) mass is 276 g/mol. The fourth-order valence-electron chi connectivity index (χ4n) is 2.22. The van der Waals surface area contributed by atoms with Crippen molar-refractivity contribution in [2.75, 3.05) is 6.61 Å². The molecule has 112 valence electrons. The summed E-state index contributed by atoms with van der Waals surface area (Å²) in [5, 5.41) is 0. The number of carbonyl (C=O) groups is 1. The lowest BCUT2D eigenvalue weighted by atomic mass is 10.0. The number of aryl methyl sites for hydroxylation is 2. The molecule has 2 nitrogen and oxygen atoms in total. The number of ether oxygens (including phenoxy) is 1. The van der Waals surface area contributed by atoms with Crippen LogP contribution in [0.15, 0.2) is 18.2 Å². The van der Waals surface area contributed by atoms with E-state index in [0.717, 1.165) is 50.9 Å². The zero-order valence-corrected chi connectivity index (χ0v) is 13.2. The predicted octanol–water partition coefficient (Wildman–Crippen LogP) is 4.87. The summed E-state index contributed by atoms with van der Waals surface area (Å²) >= 11 is 0. The molecule has 0 aliphatic carbocycles. The first-order valence-corrected chi connectivity index (χ1v) is 7.91. The topological polar surface area (TPSA) is 26.3 Å². The van der Waals surface area contributed by atoms with Gasteiger partial charge in [0.15, 0.2) is 0 Å². The minimum atomic E-state index is 0.385. The highest BCUT2D eigenvalue weighted by Gasteiger charge is 2.03. The van der Waals surface area contributed by atoms with Gasteiger partial charge >= 0.3 is 0 Å². The van der Waals surface area contributed by atoms with Crippen molar-refractivity contribution in [1.82, 2.24) is 0 Å². The quantitative estimate of drug-likeness (QED) is 0.570. The van der Waals surface area contributed by atoms with E-state index >= 15 is 0 Å². The molecule has 0 amide bonds. The Labute approximate surface area is 123 Å².